The average molecular weight is 259 g/mol. The van der Waals surface area contributed by atoms with Crippen LogP contribution in [0.25, 0.3) is 0 Å². The summed E-state index contributed by atoms with van der Waals surface area (Å²) >= 11 is 0.517. The third kappa shape index (κ3) is 5.53. The van der Waals surface area contributed by atoms with Crippen molar-refractivity contribution in [3.05, 3.63) is 24.3 Å². The topological polar surface area (TPSA) is 50.4 Å². The Hall–Kier alpha value is -1.30. The Morgan fingerprint density at radius 2 is 2.06 bits per heavy atom. The molecule has 1 aromatic rings. The second-order valence-electron chi connectivity index (χ2n) is 3.29. The van der Waals surface area contributed by atoms with E-state index in [-0.39, 0.29) is 0 Å². The number of anilines is 1. The molecule has 0 aliphatic heterocycles. The quantitative estimate of drug-likeness (QED) is 0.485. The van der Waals surface area contributed by atoms with Crippen LogP contribution in [0.3, 0.4) is 0 Å². The zero-order chi connectivity index (χ0) is 12.7. The maximum absolute atomic E-state index is 12.1. The van der Waals surface area contributed by atoms with Gasteiger partial charge in [-0.1, -0.05) is 18.7 Å². The second kappa shape index (κ2) is 7.11. The maximum Gasteiger partial charge on any atom is 0.288 e. The van der Waals surface area contributed by atoms with Crippen molar-refractivity contribution in [2.45, 2.75) is 24.0 Å². The van der Waals surface area contributed by atoms with Gasteiger partial charge < -0.3 is 11.1 Å². The van der Waals surface area contributed by atoms with E-state index < -0.39 is 5.76 Å². The van der Waals surface area contributed by atoms with Gasteiger partial charge in [0.05, 0.1) is 0 Å². The Balaban J connectivity index is 2.56. The van der Waals surface area contributed by atoms with Crippen LogP contribution in [-0.2, 0) is 0 Å². The number of halogens is 2. The molecule has 3 nitrogen and oxygen atoms in total. The highest BCUT2D eigenvalue weighted by atomic mass is 32.2. The zero-order valence-electron chi connectivity index (χ0n) is 9.49. The van der Waals surface area contributed by atoms with Gasteiger partial charge in [-0.25, -0.2) is 0 Å². The third-order valence-electron chi connectivity index (χ3n) is 1.86. The number of guanidine groups is 1. The minimum atomic E-state index is -2.40. The lowest BCUT2D eigenvalue weighted by Gasteiger charge is -2.06. The fourth-order valence-corrected chi connectivity index (χ4v) is 1.64. The fraction of sp³-hybridized carbons (Fsp3) is 0.364. The van der Waals surface area contributed by atoms with Gasteiger partial charge in [0.1, 0.15) is 0 Å². The van der Waals surface area contributed by atoms with Gasteiger partial charge in [-0.3, -0.25) is 4.99 Å². The number of hydrogen-bond acceptors (Lipinski definition) is 2. The van der Waals surface area contributed by atoms with E-state index in [1.165, 1.54) is 0 Å². The van der Waals surface area contributed by atoms with Crippen LogP contribution < -0.4 is 11.1 Å². The number of thioether (sulfide) groups is 1. The molecule has 0 radical (unpaired) electrons. The van der Waals surface area contributed by atoms with E-state index in [1.807, 2.05) is 6.92 Å². The first-order valence-corrected chi connectivity index (χ1v) is 6.11. The van der Waals surface area contributed by atoms with E-state index in [1.54, 1.807) is 24.3 Å². The molecule has 94 valence electrons. The van der Waals surface area contributed by atoms with Gasteiger partial charge in [-0.15, -0.1) is 0 Å². The van der Waals surface area contributed by atoms with Crippen molar-refractivity contribution < 1.29 is 8.78 Å². The number of rotatable bonds is 5. The average Bonchev–Trinajstić information content (AvgIpc) is 2.28. The predicted molar refractivity (Wildman–Crippen MR) is 68.7 cm³/mol. The molecule has 0 unspecified atom stereocenters. The molecule has 0 atom stereocenters. The highest BCUT2D eigenvalue weighted by Crippen LogP contribution is 2.25. The van der Waals surface area contributed by atoms with Crippen LogP contribution in [0.2, 0.25) is 0 Å². The molecule has 0 saturated carbocycles. The van der Waals surface area contributed by atoms with Crippen molar-refractivity contribution in [3.8, 4) is 0 Å². The van der Waals surface area contributed by atoms with Crippen molar-refractivity contribution >= 4 is 23.4 Å². The number of alkyl halides is 2. The Morgan fingerprint density at radius 1 is 1.41 bits per heavy atom. The summed E-state index contributed by atoms with van der Waals surface area (Å²) in [6.07, 6.45) is 0.923. The summed E-state index contributed by atoms with van der Waals surface area (Å²) < 4.78 is 24.2. The largest absolute Gasteiger partial charge is 0.370 e. The number of nitrogens with zero attached hydrogens (tertiary/aromatic N) is 1. The molecule has 1 rings (SSSR count). The van der Waals surface area contributed by atoms with Gasteiger partial charge in [0, 0.05) is 17.1 Å². The van der Waals surface area contributed by atoms with E-state index in [4.69, 9.17) is 5.73 Å². The molecule has 0 bridgehead atoms. The van der Waals surface area contributed by atoms with Gasteiger partial charge in [0.2, 0.25) is 0 Å². The first-order chi connectivity index (χ1) is 8.11. The van der Waals surface area contributed by atoms with Crippen LogP contribution in [0.15, 0.2) is 34.2 Å². The van der Waals surface area contributed by atoms with Crippen LogP contribution in [0.1, 0.15) is 13.3 Å². The molecule has 0 aliphatic carbocycles. The molecule has 17 heavy (non-hydrogen) atoms. The smallest absolute Gasteiger partial charge is 0.288 e. The number of benzene rings is 1. The number of nitrogens with two attached hydrogens (primary N) is 1. The van der Waals surface area contributed by atoms with E-state index in [0.29, 0.717) is 29.2 Å². The standard InChI is InChI=1S/C11H15F2N3S/c1-2-7-15-11(14)16-8-3-5-9(6-4-8)17-10(12)13/h3-6,10H,2,7H2,1H3,(H3,14,15,16). The molecule has 6 heteroatoms. The first kappa shape index (κ1) is 13.8. The highest BCUT2D eigenvalue weighted by Gasteiger charge is 2.04. The lowest BCUT2D eigenvalue weighted by Crippen LogP contribution is -2.22. The first-order valence-electron chi connectivity index (χ1n) is 5.23. The third-order valence-corrected chi connectivity index (χ3v) is 2.58. The summed E-state index contributed by atoms with van der Waals surface area (Å²) in [7, 11) is 0. The Morgan fingerprint density at radius 3 is 2.59 bits per heavy atom. The fourth-order valence-electron chi connectivity index (χ4n) is 1.14. The SMILES string of the molecule is CCCN=C(N)Nc1ccc(SC(F)F)cc1. The zero-order valence-corrected chi connectivity index (χ0v) is 10.3. The number of hydrogen-bond donors (Lipinski definition) is 2. The normalized spacial score (nSPS) is 11.9. The van der Waals surface area contributed by atoms with Gasteiger partial charge in [0.15, 0.2) is 5.96 Å². The van der Waals surface area contributed by atoms with Gasteiger partial charge >= 0.3 is 0 Å². The molecule has 0 heterocycles. The molecule has 1 aromatic carbocycles. The lowest BCUT2D eigenvalue weighted by atomic mass is 10.3. The van der Waals surface area contributed by atoms with Crippen molar-refractivity contribution in [3.63, 3.8) is 0 Å². The summed E-state index contributed by atoms with van der Waals surface area (Å²) in [6.45, 7) is 2.67. The molecule has 0 saturated heterocycles. The highest BCUT2D eigenvalue weighted by molar-refractivity contribution is 7.99. The molecule has 0 fully saturated rings. The molecular weight excluding hydrogens is 244 g/mol. The monoisotopic (exact) mass is 259 g/mol. The second-order valence-corrected chi connectivity index (χ2v) is 4.36. The van der Waals surface area contributed by atoms with Crippen molar-refractivity contribution in [1.29, 1.82) is 0 Å². The summed E-state index contributed by atoms with van der Waals surface area (Å²) in [5.74, 6) is -2.06. The number of nitrogens with one attached hydrogen (secondary N) is 1. The Labute approximate surface area is 103 Å². The molecular formula is C11H15F2N3S. The summed E-state index contributed by atoms with van der Waals surface area (Å²) in [4.78, 5) is 4.59. The van der Waals surface area contributed by atoms with Crippen LogP contribution in [-0.4, -0.2) is 18.3 Å². The molecule has 0 amide bonds. The van der Waals surface area contributed by atoms with Crippen molar-refractivity contribution in [2.75, 3.05) is 11.9 Å². The van der Waals surface area contributed by atoms with Crippen LogP contribution in [0.4, 0.5) is 14.5 Å². The van der Waals surface area contributed by atoms with Crippen molar-refractivity contribution in [2.24, 2.45) is 10.7 Å². The molecule has 0 aromatic heterocycles. The molecule has 0 spiro atoms. The minimum absolute atomic E-state index is 0.334. The molecule has 0 aliphatic rings. The van der Waals surface area contributed by atoms with Gasteiger partial charge in [0.25, 0.3) is 5.76 Å². The Bertz CT molecular complexity index is 365. The van der Waals surface area contributed by atoms with E-state index in [0.717, 1.165) is 12.1 Å². The lowest BCUT2D eigenvalue weighted by molar-refractivity contribution is 0.252. The Kier molecular flexibility index (Phi) is 5.76. The maximum atomic E-state index is 12.1. The van der Waals surface area contributed by atoms with Crippen LogP contribution >= 0.6 is 11.8 Å². The minimum Gasteiger partial charge on any atom is -0.370 e. The van der Waals surface area contributed by atoms with Crippen molar-refractivity contribution in [1.82, 2.24) is 0 Å². The van der Waals surface area contributed by atoms with Gasteiger partial charge in [-0.2, -0.15) is 8.78 Å². The van der Waals surface area contributed by atoms with Crippen LogP contribution in [0.5, 0.6) is 0 Å². The number of aliphatic imine (C=N–C) groups is 1. The van der Waals surface area contributed by atoms with E-state index >= 15 is 0 Å². The summed E-state index contributed by atoms with van der Waals surface area (Å²) in [5, 5.41) is 2.89. The summed E-state index contributed by atoms with van der Waals surface area (Å²) in [6, 6.07) is 6.62. The van der Waals surface area contributed by atoms with E-state index in [9.17, 15) is 8.78 Å². The van der Waals surface area contributed by atoms with Crippen LogP contribution in [0, 0.1) is 0 Å². The van der Waals surface area contributed by atoms with E-state index in [2.05, 4.69) is 10.3 Å². The predicted octanol–water partition coefficient (Wildman–Crippen LogP) is 3.14. The molecule has 3 N–H and O–H groups in total. The summed E-state index contributed by atoms with van der Waals surface area (Å²) in [5.41, 5.74) is 6.36. The van der Waals surface area contributed by atoms with Gasteiger partial charge in [-0.05, 0) is 30.7 Å².